The van der Waals surface area contributed by atoms with Gasteiger partial charge in [-0.3, -0.25) is 0 Å². The minimum atomic E-state index is 0.632. The van der Waals surface area contributed by atoms with Gasteiger partial charge in [-0.1, -0.05) is 0 Å². The third-order valence-electron chi connectivity index (χ3n) is 0.413. The third kappa shape index (κ3) is 1.08. The lowest BCUT2D eigenvalue weighted by molar-refractivity contribution is 0.562. The van der Waals surface area contributed by atoms with Gasteiger partial charge < -0.3 is 4.52 Å². The molecule has 1 rings (SSSR count). The first-order valence-electron chi connectivity index (χ1n) is 1.59. The van der Waals surface area contributed by atoms with Crippen molar-refractivity contribution < 1.29 is 4.52 Å². The average molecular weight is 118 g/mol. The molecule has 0 aromatic rings. The van der Waals surface area contributed by atoms with Crippen LogP contribution in [0.3, 0.4) is 0 Å². The van der Waals surface area contributed by atoms with Crippen LogP contribution in [0, 0.1) is 0 Å². The van der Waals surface area contributed by atoms with E-state index in [-0.39, 0.29) is 0 Å². The van der Waals surface area contributed by atoms with Crippen molar-refractivity contribution in [1.29, 1.82) is 0 Å². The van der Waals surface area contributed by atoms with Crippen LogP contribution in [0.15, 0.2) is 12.3 Å². The number of hydrogen-bond donors (Lipinski definition) is 0. The van der Waals surface area contributed by atoms with Gasteiger partial charge in [0.05, 0.1) is 6.26 Å². The van der Waals surface area contributed by atoms with E-state index in [9.17, 15) is 0 Å². The first kappa shape index (κ1) is 4.30. The lowest BCUT2D eigenvalue weighted by Gasteiger charge is -1.93. The fraction of sp³-hybridized carbons (Fsp3) is 0. The van der Waals surface area contributed by atoms with Crippen LogP contribution < -0.4 is 0 Å². The smallest absolute Gasteiger partial charge is 0.124 e. The number of rotatable bonds is 0. The van der Waals surface area contributed by atoms with Crippen LogP contribution in [0.1, 0.15) is 0 Å². The Balaban J connectivity index is 2.46. The van der Waals surface area contributed by atoms with Crippen LogP contribution in [0.4, 0.5) is 0 Å². The van der Waals surface area contributed by atoms with Crippen LogP contribution in [0.5, 0.6) is 0 Å². The zero-order chi connectivity index (χ0) is 4.24. The van der Waals surface area contributed by atoms with E-state index in [0.29, 0.717) is 8.50 Å². The SMILES string of the molecule is C1=COPP=C1. The molecule has 0 amide bonds. The summed E-state index contributed by atoms with van der Waals surface area (Å²) in [6.07, 6.45) is 3.63. The number of allylic oxidation sites excluding steroid dienone is 1. The molecule has 1 unspecified atom stereocenters. The molecule has 3 heteroatoms. The Bertz CT molecular complexity index is 74.8. The van der Waals surface area contributed by atoms with Crippen molar-refractivity contribution in [3.8, 4) is 0 Å². The second kappa shape index (κ2) is 2.34. The van der Waals surface area contributed by atoms with Crippen molar-refractivity contribution in [3.05, 3.63) is 12.3 Å². The molecule has 1 aliphatic heterocycles. The summed E-state index contributed by atoms with van der Waals surface area (Å²) >= 11 is 0. The van der Waals surface area contributed by atoms with Gasteiger partial charge in [-0.05, 0) is 19.8 Å². The molecule has 1 aliphatic rings. The molecule has 1 atom stereocenters. The molecule has 0 aromatic carbocycles. The Hall–Kier alpha value is 0.140. The Labute approximate surface area is 40.0 Å². The predicted molar refractivity (Wildman–Crippen MR) is 31.5 cm³/mol. The summed E-state index contributed by atoms with van der Waals surface area (Å²) in [6, 6.07) is 0. The highest BCUT2D eigenvalue weighted by atomic mass is 32.0. The van der Waals surface area contributed by atoms with E-state index < -0.39 is 0 Å². The Kier molecular flexibility index (Phi) is 1.68. The van der Waals surface area contributed by atoms with Gasteiger partial charge in [0.15, 0.2) is 0 Å². The van der Waals surface area contributed by atoms with Crippen LogP contribution >= 0.6 is 16.4 Å². The molecule has 0 aromatic heterocycles. The standard InChI is InChI=1S/C3H4OP2/c1-2-4-6-5-3-1/h1-3,6H. The molecule has 0 N–H and O–H groups in total. The topological polar surface area (TPSA) is 9.23 Å². The van der Waals surface area contributed by atoms with E-state index in [1.54, 1.807) is 6.26 Å². The van der Waals surface area contributed by atoms with E-state index in [4.69, 9.17) is 4.52 Å². The molecule has 0 saturated heterocycles. The molecule has 0 radical (unpaired) electrons. The van der Waals surface area contributed by atoms with Crippen LogP contribution in [-0.4, -0.2) is 5.80 Å². The molecule has 0 saturated carbocycles. The van der Waals surface area contributed by atoms with Gasteiger partial charge in [-0.15, -0.1) is 0 Å². The fourth-order valence-electron chi connectivity index (χ4n) is 0.209. The monoisotopic (exact) mass is 118 g/mol. The zero-order valence-electron chi connectivity index (χ0n) is 3.09. The van der Waals surface area contributed by atoms with Gasteiger partial charge >= 0.3 is 0 Å². The normalized spacial score (nSPS) is 24.0. The first-order chi connectivity index (χ1) is 3.00. The number of hydrogen-bond acceptors (Lipinski definition) is 1. The summed E-state index contributed by atoms with van der Waals surface area (Å²) in [5.41, 5.74) is 0. The molecule has 0 bridgehead atoms. The van der Waals surface area contributed by atoms with Gasteiger partial charge in [0, 0.05) is 0 Å². The molecule has 32 valence electrons. The third-order valence-corrected chi connectivity index (χ3v) is 2.16. The molecule has 1 heterocycles. The minimum absolute atomic E-state index is 0.632. The van der Waals surface area contributed by atoms with Gasteiger partial charge in [0.25, 0.3) is 0 Å². The van der Waals surface area contributed by atoms with Crippen LogP contribution in [0.25, 0.3) is 0 Å². The lowest BCUT2D eigenvalue weighted by atomic mass is 10.7. The largest absolute Gasteiger partial charge is 0.476 e. The summed E-state index contributed by atoms with van der Waals surface area (Å²) in [4.78, 5) is 0. The molecule has 0 spiro atoms. The van der Waals surface area contributed by atoms with Crippen LogP contribution in [0.2, 0.25) is 0 Å². The summed E-state index contributed by atoms with van der Waals surface area (Å²) in [5.74, 6) is 2.07. The maximum Gasteiger partial charge on any atom is 0.124 e. The van der Waals surface area contributed by atoms with Gasteiger partial charge in [0.2, 0.25) is 0 Å². The van der Waals surface area contributed by atoms with Crippen molar-refractivity contribution in [1.82, 2.24) is 0 Å². The van der Waals surface area contributed by atoms with E-state index in [2.05, 4.69) is 5.80 Å². The quantitative estimate of drug-likeness (QED) is 0.440. The maximum absolute atomic E-state index is 4.87. The highest BCUT2D eigenvalue weighted by Crippen LogP contribution is 2.30. The second-order valence-corrected chi connectivity index (χ2v) is 3.11. The highest BCUT2D eigenvalue weighted by Gasteiger charge is 1.77. The van der Waals surface area contributed by atoms with Crippen molar-refractivity contribution in [2.24, 2.45) is 0 Å². The second-order valence-electron chi connectivity index (χ2n) is 0.816. The fourth-order valence-corrected chi connectivity index (χ4v) is 1.43. The summed E-state index contributed by atoms with van der Waals surface area (Å²) in [7, 11) is 1.92. The van der Waals surface area contributed by atoms with Crippen molar-refractivity contribution in [2.75, 3.05) is 0 Å². The van der Waals surface area contributed by atoms with Crippen molar-refractivity contribution in [2.45, 2.75) is 0 Å². The van der Waals surface area contributed by atoms with Crippen LogP contribution in [-0.2, 0) is 4.52 Å². The zero-order valence-corrected chi connectivity index (χ0v) is 4.98. The van der Waals surface area contributed by atoms with Crippen molar-refractivity contribution >= 4 is 22.2 Å². The van der Waals surface area contributed by atoms with Crippen molar-refractivity contribution in [3.63, 3.8) is 0 Å². The minimum Gasteiger partial charge on any atom is -0.476 e. The van der Waals surface area contributed by atoms with Gasteiger partial charge in [-0.2, -0.15) is 0 Å². The Morgan fingerprint density at radius 2 is 2.67 bits per heavy atom. The molecule has 0 fully saturated rings. The summed E-state index contributed by atoms with van der Waals surface area (Å²) in [6.45, 7) is 0. The Morgan fingerprint density at radius 3 is 2.83 bits per heavy atom. The predicted octanol–water partition coefficient (Wildman–Crippen LogP) is 1.79. The molecular weight excluding hydrogens is 114 g/mol. The highest BCUT2D eigenvalue weighted by molar-refractivity contribution is 8.08. The maximum atomic E-state index is 4.87. The first-order valence-corrected chi connectivity index (χ1v) is 4.30. The van der Waals surface area contributed by atoms with E-state index in [0.717, 1.165) is 0 Å². The molecule has 0 aliphatic carbocycles. The summed E-state index contributed by atoms with van der Waals surface area (Å²) in [5, 5.41) is 0. The van der Waals surface area contributed by atoms with E-state index >= 15 is 0 Å². The molecule has 1 nitrogen and oxygen atoms in total. The average Bonchev–Trinajstić information content (AvgIpc) is 1.72. The van der Waals surface area contributed by atoms with E-state index in [1.165, 1.54) is 7.89 Å². The van der Waals surface area contributed by atoms with Gasteiger partial charge in [-0.25, -0.2) is 0 Å². The lowest BCUT2D eigenvalue weighted by Crippen LogP contribution is -1.61. The molecular formula is C3H4OP2. The summed E-state index contributed by atoms with van der Waals surface area (Å²) < 4.78 is 4.87. The van der Waals surface area contributed by atoms with E-state index in [1.807, 2.05) is 6.08 Å². The Morgan fingerprint density at radius 1 is 1.67 bits per heavy atom. The molecule has 6 heavy (non-hydrogen) atoms. The van der Waals surface area contributed by atoms with Gasteiger partial charge in [0.1, 0.15) is 8.50 Å².